The monoisotopic (exact) mass is 218 g/mol. The van der Waals surface area contributed by atoms with Crippen molar-refractivity contribution >= 4 is 5.97 Å². The molecule has 0 aliphatic rings. The number of hydrogen-bond acceptors (Lipinski definition) is 1. The topological polar surface area (TPSA) is 37.3 Å². The number of carboxylic acid groups (broad SMARTS) is 1. The number of carbonyl (C=O) groups is 1. The SMILES string of the molecule is C=C(CCC(C)Cc1ccccc1)C(=O)O. The van der Waals surface area contributed by atoms with Crippen molar-refractivity contribution in [1.82, 2.24) is 0 Å². The molecule has 0 aromatic heterocycles. The molecule has 0 saturated heterocycles. The molecule has 1 aromatic carbocycles. The lowest BCUT2D eigenvalue weighted by Crippen LogP contribution is -2.04. The van der Waals surface area contributed by atoms with E-state index in [1.807, 2.05) is 18.2 Å². The predicted molar refractivity (Wildman–Crippen MR) is 65.3 cm³/mol. The summed E-state index contributed by atoms with van der Waals surface area (Å²) >= 11 is 0. The Kier molecular flexibility index (Phi) is 4.77. The maximum Gasteiger partial charge on any atom is 0.330 e. The van der Waals surface area contributed by atoms with Gasteiger partial charge in [-0.05, 0) is 30.7 Å². The summed E-state index contributed by atoms with van der Waals surface area (Å²) in [6.45, 7) is 5.67. The van der Waals surface area contributed by atoms with Gasteiger partial charge in [-0.2, -0.15) is 0 Å². The van der Waals surface area contributed by atoms with Crippen LogP contribution in [0.4, 0.5) is 0 Å². The molecule has 0 saturated carbocycles. The molecule has 0 aliphatic carbocycles. The summed E-state index contributed by atoms with van der Waals surface area (Å²) in [5.74, 6) is -0.398. The lowest BCUT2D eigenvalue weighted by atomic mass is 9.95. The summed E-state index contributed by atoms with van der Waals surface area (Å²) in [7, 11) is 0. The third-order valence-corrected chi connectivity index (χ3v) is 2.67. The second-order valence-electron chi connectivity index (χ2n) is 4.24. The Labute approximate surface area is 96.6 Å². The summed E-state index contributed by atoms with van der Waals surface area (Å²) in [6, 6.07) is 10.3. The van der Waals surface area contributed by atoms with Crippen LogP contribution < -0.4 is 0 Å². The summed E-state index contributed by atoms with van der Waals surface area (Å²) < 4.78 is 0. The Hall–Kier alpha value is -1.57. The number of benzene rings is 1. The highest BCUT2D eigenvalue weighted by atomic mass is 16.4. The molecule has 0 bridgehead atoms. The van der Waals surface area contributed by atoms with E-state index < -0.39 is 5.97 Å². The predicted octanol–water partition coefficient (Wildman–Crippen LogP) is 3.29. The Morgan fingerprint density at radius 1 is 1.38 bits per heavy atom. The molecule has 0 radical (unpaired) electrons. The summed E-state index contributed by atoms with van der Waals surface area (Å²) in [5.41, 5.74) is 1.61. The zero-order chi connectivity index (χ0) is 12.0. The molecule has 0 amide bonds. The highest BCUT2D eigenvalue weighted by Crippen LogP contribution is 2.16. The van der Waals surface area contributed by atoms with Gasteiger partial charge in [-0.15, -0.1) is 0 Å². The van der Waals surface area contributed by atoms with Crippen molar-refractivity contribution < 1.29 is 9.90 Å². The van der Waals surface area contributed by atoms with Crippen LogP contribution in [0.2, 0.25) is 0 Å². The number of hydrogen-bond donors (Lipinski definition) is 1. The van der Waals surface area contributed by atoms with Gasteiger partial charge in [-0.25, -0.2) is 4.79 Å². The van der Waals surface area contributed by atoms with E-state index in [1.54, 1.807) is 0 Å². The van der Waals surface area contributed by atoms with Crippen LogP contribution in [0.15, 0.2) is 42.5 Å². The van der Waals surface area contributed by atoms with E-state index in [2.05, 4.69) is 25.6 Å². The first kappa shape index (κ1) is 12.5. The Morgan fingerprint density at radius 2 is 2.00 bits per heavy atom. The third-order valence-electron chi connectivity index (χ3n) is 2.67. The standard InChI is InChI=1S/C14H18O2/c1-11(8-9-12(2)14(15)16)10-13-6-4-3-5-7-13/h3-7,11H,2,8-10H2,1H3,(H,15,16). The lowest BCUT2D eigenvalue weighted by molar-refractivity contribution is -0.132. The molecular weight excluding hydrogens is 200 g/mol. The highest BCUT2D eigenvalue weighted by molar-refractivity contribution is 5.85. The van der Waals surface area contributed by atoms with Crippen molar-refractivity contribution in [3.05, 3.63) is 48.0 Å². The van der Waals surface area contributed by atoms with E-state index in [1.165, 1.54) is 5.56 Å². The molecular formula is C14H18O2. The van der Waals surface area contributed by atoms with Gasteiger partial charge in [0.15, 0.2) is 0 Å². The Balaban J connectivity index is 2.34. The van der Waals surface area contributed by atoms with Crippen molar-refractivity contribution in [1.29, 1.82) is 0 Å². The van der Waals surface area contributed by atoms with Crippen LogP contribution >= 0.6 is 0 Å². The van der Waals surface area contributed by atoms with E-state index in [-0.39, 0.29) is 0 Å². The first-order valence-electron chi connectivity index (χ1n) is 5.54. The number of carboxylic acids is 1. The second-order valence-corrected chi connectivity index (χ2v) is 4.24. The van der Waals surface area contributed by atoms with Crippen LogP contribution in [-0.4, -0.2) is 11.1 Å². The molecule has 0 heterocycles. The molecule has 1 atom stereocenters. The molecule has 1 rings (SSSR count). The smallest absolute Gasteiger partial charge is 0.330 e. The molecule has 1 unspecified atom stereocenters. The van der Waals surface area contributed by atoms with Gasteiger partial charge in [0.1, 0.15) is 0 Å². The van der Waals surface area contributed by atoms with E-state index in [0.717, 1.165) is 12.8 Å². The van der Waals surface area contributed by atoms with Gasteiger partial charge in [0, 0.05) is 5.57 Å². The third kappa shape index (κ3) is 4.30. The fourth-order valence-electron chi connectivity index (χ4n) is 1.65. The average molecular weight is 218 g/mol. The average Bonchev–Trinajstić information content (AvgIpc) is 2.27. The zero-order valence-electron chi connectivity index (χ0n) is 9.65. The summed E-state index contributed by atoms with van der Waals surface area (Å²) in [4.78, 5) is 10.6. The molecule has 16 heavy (non-hydrogen) atoms. The van der Waals surface area contributed by atoms with Crippen molar-refractivity contribution in [2.24, 2.45) is 5.92 Å². The van der Waals surface area contributed by atoms with E-state index >= 15 is 0 Å². The van der Waals surface area contributed by atoms with E-state index in [4.69, 9.17) is 5.11 Å². The van der Waals surface area contributed by atoms with Gasteiger partial charge in [0.25, 0.3) is 0 Å². The van der Waals surface area contributed by atoms with Gasteiger partial charge < -0.3 is 5.11 Å². The van der Waals surface area contributed by atoms with Crippen LogP contribution in [-0.2, 0) is 11.2 Å². The van der Waals surface area contributed by atoms with E-state index in [0.29, 0.717) is 17.9 Å². The summed E-state index contributed by atoms with van der Waals surface area (Å²) in [6.07, 6.45) is 2.44. The fraction of sp³-hybridized carbons (Fsp3) is 0.357. The fourth-order valence-corrected chi connectivity index (χ4v) is 1.65. The van der Waals surface area contributed by atoms with Crippen molar-refractivity contribution in [3.8, 4) is 0 Å². The largest absolute Gasteiger partial charge is 0.478 e. The molecule has 86 valence electrons. The van der Waals surface area contributed by atoms with Crippen LogP contribution in [0.25, 0.3) is 0 Å². The first-order valence-corrected chi connectivity index (χ1v) is 5.54. The number of aliphatic carboxylic acids is 1. The molecule has 0 spiro atoms. The molecule has 0 aliphatic heterocycles. The molecule has 1 N–H and O–H groups in total. The van der Waals surface area contributed by atoms with Crippen molar-refractivity contribution in [2.75, 3.05) is 0 Å². The molecule has 1 aromatic rings. The maximum absolute atomic E-state index is 10.6. The minimum Gasteiger partial charge on any atom is -0.478 e. The highest BCUT2D eigenvalue weighted by Gasteiger charge is 2.08. The van der Waals surface area contributed by atoms with Gasteiger partial charge in [-0.3, -0.25) is 0 Å². The van der Waals surface area contributed by atoms with Crippen LogP contribution in [0, 0.1) is 5.92 Å². The van der Waals surface area contributed by atoms with Gasteiger partial charge in [-0.1, -0.05) is 43.8 Å². The van der Waals surface area contributed by atoms with Crippen molar-refractivity contribution in [3.63, 3.8) is 0 Å². The lowest BCUT2D eigenvalue weighted by Gasteiger charge is -2.11. The minimum atomic E-state index is -0.882. The normalized spacial score (nSPS) is 12.1. The number of rotatable bonds is 6. The molecule has 2 nitrogen and oxygen atoms in total. The Morgan fingerprint density at radius 3 is 2.56 bits per heavy atom. The van der Waals surface area contributed by atoms with Crippen LogP contribution in [0.1, 0.15) is 25.3 Å². The van der Waals surface area contributed by atoms with Crippen molar-refractivity contribution in [2.45, 2.75) is 26.2 Å². The van der Waals surface area contributed by atoms with Gasteiger partial charge in [0.05, 0.1) is 0 Å². The summed E-state index contributed by atoms with van der Waals surface area (Å²) in [5, 5.41) is 8.69. The maximum atomic E-state index is 10.6. The Bertz CT molecular complexity index is 354. The zero-order valence-corrected chi connectivity index (χ0v) is 9.65. The first-order chi connectivity index (χ1) is 7.59. The minimum absolute atomic E-state index is 0.305. The molecule has 0 fully saturated rings. The van der Waals surface area contributed by atoms with Gasteiger partial charge in [0.2, 0.25) is 0 Å². The second kappa shape index (κ2) is 6.11. The van der Waals surface area contributed by atoms with Crippen LogP contribution in [0.3, 0.4) is 0 Å². The van der Waals surface area contributed by atoms with E-state index in [9.17, 15) is 4.79 Å². The van der Waals surface area contributed by atoms with Crippen LogP contribution in [0.5, 0.6) is 0 Å². The quantitative estimate of drug-likeness (QED) is 0.744. The van der Waals surface area contributed by atoms with Gasteiger partial charge >= 0.3 is 5.97 Å². The molecule has 2 heteroatoms.